The van der Waals surface area contributed by atoms with Crippen molar-refractivity contribution in [2.24, 2.45) is 11.8 Å². The number of aliphatic carboxylic acids is 1. The lowest BCUT2D eigenvalue weighted by Crippen LogP contribution is -2.55. The first-order valence-corrected chi connectivity index (χ1v) is 6.28. The van der Waals surface area contributed by atoms with Crippen molar-refractivity contribution in [1.29, 1.82) is 0 Å². The van der Waals surface area contributed by atoms with E-state index in [1.165, 1.54) is 0 Å². The molecule has 0 aromatic heterocycles. The van der Waals surface area contributed by atoms with E-state index in [9.17, 15) is 14.7 Å². The van der Waals surface area contributed by atoms with Crippen molar-refractivity contribution in [1.82, 2.24) is 10.2 Å². The molecule has 0 aromatic rings. The molecule has 0 radical (unpaired) electrons. The number of carbonyl (C=O) groups excluding carboxylic acids is 1. The zero-order valence-corrected chi connectivity index (χ0v) is 10.3. The van der Waals surface area contributed by atoms with Crippen LogP contribution in [0.25, 0.3) is 0 Å². The number of nitrogens with one attached hydrogen (secondary N) is 1. The maximum atomic E-state index is 11.6. The SMILES string of the molecule is CC(C)C(C(=O)O)N1CCCC2C(=O)NCC21. The van der Waals surface area contributed by atoms with Crippen LogP contribution >= 0.6 is 0 Å². The zero-order valence-electron chi connectivity index (χ0n) is 10.3. The van der Waals surface area contributed by atoms with E-state index in [-0.39, 0.29) is 23.8 Å². The van der Waals surface area contributed by atoms with Crippen molar-refractivity contribution in [3.63, 3.8) is 0 Å². The second-order valence-electron chi connectivity index (χ2n) is 5.33. The first kappa shape index (κ1) is 12.4. The molecule has 2 aliphatic heterocycles. The fourth-order valence-electron chi connectivity index (χ4n) is 3.14. The van der Waals surface area contributed by atoms with E-state index < -0.39 is 12.0 Å². The Hall–Kier alpha value is -1.10. The summed E-state index contributed by atoms with van der Waals surface area (Å²) >= 11 is 0. The molecule has 2 heterocycles. The van der Waals surface area contributed by atoms with E-state index in [4.69, 9.17) is 0 Å². The van der Waals surface area contributed by atoms with E-state index in [1.807, 2.05) is 18.7 Å². The van der Waals surface area contributed by atoms with Gasteiger partial charge < -0.3 is 10.4 Å². The van der Waals surface area contributed by atoms with Gasteiger partial charge in [0.25, 0.3) is 0 Å². The average molecular weight is 240 g/mol. The summed E-state index contributed by atoms with van der Waals surface area (Å²) in [5.74, 6) is -0.640. The highest BCUT2D eigenvalue weighted by Crippen LogP contribution is 2.30. The van der Waals surface area contributed by atoms with Crippen molar-refractivity contribution in [3.05, 3.63) is 0 Å². The molecule has 96 valence electrons. The number of carbonyl (C=O) groups is 2. The summed E-state index contributed by atoms with van der Waals surface area (Å²) in [7, 11) is 0. The van der Waals surface area contributed by atoms with E-state index >= 15 is 0 Å². The van der Waals surface area contributed by atoms with Crippen molar-refractivity contribution >= 4 is 11.9 Å². The molecule has 0 spiro atoms. The summed E-state index contributed by atoms with van der Waals surface area (Å²) in [6, 6.07) is -0.407. The molecule has 3 unspecified atom stereocenters. The topological polar surface area (TPSA) is 69.6 Å². The highest BCUT2D eigenvalue weighted by molar-refractivity contribution is 5.82. The molecule has 5 heteroatoms. The Balaban J connectivity index is 2.19. The Labute approximate surface area is 101 Å². The molecular formula is C12H20N2O3. The van der Waals surface area contributed by atoms with Crippen LogP contribution in [0.4, 0.5) is 0 Å². The Bertz CT molecular complexity index is 330. The van der Waals surface area contributed by atoms with Gasteiger partial charge in [0, 0.05) is 12.6 Å². The molecule has 0 saturated carbocycles. The molecule has 2 aliphatic rings. The van der Waals surface area contributed by atoms with Gasteiger partial charge in [-0.05, 0) is 25.3 Å². The normalized spacial score (nSPS) is 31.1. The minimum Gasteiger partial charge on any atom is -0.480 e. The minimum atomic E-state index is -0.778. The number of carboxylic acids is 1. The van der Waals surface area contributed by atoms with Gasteiger partial charge in [0.1, 0.15) is 6.04 Å². The molecular weight excluding hydrogens is 220 g/mol. The predicted octanol–water partition coefficient (Wildman–Crippen LogP) is 0.306. The first-order chi connectivity index (χ1) is 8.02. The number of piperidine rings is 1. The zero-order chi connectivity index (χ0) is 12.6. The fraction of sp³-hybridized carbons (Fsp3) is 0.833. The molecule has 5 nitrogen and oxygen atoms in total. The largest absolute Gasteiger partial charge is 0.480 e. The van der Waals surface area contributed by atoms with E-state index in [0.717, 1.165) is 19.4 Å². The van der Waals surface area contributed by atoms with E-state index in [0.29, 0.717) is 6.54 Å². The van der Waals surface area contributed by atoms with Crippen LogP contribution in [-0.2, 0) is 9.59 Å². The van der Waals surface area contributed by atoms with Crippen molar-refractivity contribution in [3.8, 4) is 0 Å². The number of carboxylic acid groups (broad SMARTS) is 1. The Morgan fingerprint density at radius 1 is 1.53 bits per heavy atom. The Morgan fingerprint density at radius 2 is 2.24 bits per heavy atom. The van der Waals surface area contributed by atoms with Gasteiger partial charge in [0.05, 0.1) is 5.92 Å². The van der Waals surface area contributed by atoms with Crippen LogP contribution in [0.2, 0.25) is 0 Å². The number of hydrogen-bond donors (Lipinski definition) is 2. The van der Waals surface area contributed by atoms with E-state index in [1.54, 1.807) is 0 Å². The smallest absolute Gasteiger partial charge is 0.321 e. The molecule has 0 aromatic carbocycles. The van der Waals surface area contributed by atoms with Gasteiger partial charge in [0.2, 0.25) is 5.91 Å². The first-order valence-electron chi connectivity index (χ1n) is 6.28. The van der Waals surface area contributed by atoms with E-state index in [2.05, 4.69) is 5.32 Å². The van der Waals surface area contributed by atoms with Crippen LogP contribution < -0.4 is 5.32 Å². The second-order valence-corrected chi connectivity index (χ2v) is 5.33. The molecule has 0 bridgehead atoms. The third-order valence-electron chi connectivity index (χ3n) is 3.89. The molecule has 1 amide bonds. The highest BCUT2D eigenvalue weighted by Gasteiger charge is 2.45. The third kappa shape index (κ3) is 2.16. The van der Waals surface area contributed by atoms with Crippen LogP contribution in [0, 0.1) is 11.8 Å². The molecule has 3 atom stereocenters. The monoisotopic (exact) mass is 240 g/mol. The number of likely N-dealkylation sites (tertiary alicyclic amines) is 1. The van der Waals surface area contributed by atoms with Crippen LogP contribution in [0.15, 0.2) is 0 Å². The van der Waals surface area contributed by atoms with Crippen molar-refractivity contribution in [2.45, 2.75) is 38.8 Å². The summed E-state index contributed by atoms with van der Waals surface area (Å²) in [5.41, 5.74) is 0. The van der Waals surface area contributed by atoms with Gasteiger partial charge in [-0.2, -0.15) is 0 Å². The standard InChI is InChI=1S/C12H20N2O3/c1-7(2)10(12(16)17)14-5-3-4-8-9(14)6-13-11(8)15/h7-10H,3-6H2,1-2H3,(H,13,15)(H,16,17). The summed E-state index contributed by atoms with van der Waals surface area (Å²) < 4.78 is 0. The fourth-order valence-corrected chi connectivity index (χ4v) is 3.14. The van der Waals surface area contributed by atoms with Gasteiger partial charge in [0.15, 0.2) is 0 Å². The minimum absolute atomic E-state index is 0.00986. The lowest BCUT2D eigenvalue weighted by molar-refractivity contribution is -0.148. The van der Waals surface area contributed by atoms with Gasteiger partial charge in [-0.1, -0.05) is 13.8 Å². The number of fused-ring (bicyclic) bond motifs is 1. The lowest BCUT2D eigenvalue weighted by atomic mass is 9.88. The molecule has 2 rings (SSSR count). The lowest BCUT2D eigenvalue weighted by Gasteiger charge is -2.41. The number of nitrogens with zero attached hydrogens (tertiary/aromatic N) is 1. The van der Waals surface area contributed by atoms with Gasteiger partial charge in [-0.15, -0.1) is 0 Å². The number of hydrogen-bond acceptors (Lipinski definition) is 3. The van der Waals surface area contributed by atoms with Crippen LogP contribution in [0.1, 0.15) is 26.7 Å². The molecule has 0 aliphatic carbocycles. The summed E-state index contributed by atoms with van der Waals surface area (Å²) in [5, 5.41) is 12.2. The maximum absolute atomic E-state index is 11.6. The summed E-state index contributed by atoms with van der Waals surface area (Å²) in [4.78, 5) is 25.0. The predicted molar refractivity (Wildman–Crippen MR) is 62.5 cm³/mol. The van der Waals surface area contributed by atoms with Crippen molar-refractivity contribution < 1.29 is 14.7 Å². The number of amides is 1. The Kier molecular flexibility index (Phi) is 3.38. The van der Waals surface area contributed by atoms with Crippen LogP contribution in [0.5, 0.6) is 0 Å². The van der Waals surface area contributed by atoms with Gasteiger partial charge >= 0.3 is 5.97 Å². The summed E-state index contributed by atoms with van der Waals surface area (Å²) in [6.45, 7) is 5.23. The molecule has 2 fully saturated rings. The molecule has 17 heavy (non-hydrogen) atoms. The summed E-state index contributed by atoms with van der Waals surface area (Å²) in [6.07, 6.45) is 1.79. The van der Waals surface area contributed by atoms with Gasteiger partial charge in [-0.25, -0.2) is 0 Å². The third-order valence-corrected chi connectivity index (χ3v) is 3.89. The highest BCUT2D eigenvalue weighted by atomic mass is 16.4. The Morgan fingerprint density at radius 3 is 2.82 bits per heavy atom. The maximum Gasteiger partial charge on any atom is 0.321 e. The van der Waals surface area contributed by atoms with Crippen LogP contribution in [-0.4, -0.2) is 47.1 Å². The molecule has 2 saturated heterocycles. The second kappa shape index (κ2) is 4.64. The molecule has 2 N–H and O–H groups in total. The number of rotatable bonds is 3. The quantitative estimate of drug-likeness (QED) is 0.744. The van der Waals surface area contributed by atoms with Gasteiger partial charge in [-0.3, -0.25) is 14.5 Å². The average Bonchev–Trinajstić information content (AvgIpc) is 2.61. The van der Waals surface area contributed by atoms with Crippen LogP contribution in [0.3, 0.4) is 0 Å². The van der Waals surface area contributed by atoms with Crippen molar-refractivity contribution in [2.75, 3.05) is 13.1 Å².